The predicted octanol–water partition coefficient (Wildman–Crippen LogP) is 3.40. The minimum Gasteiger partial charge on any atom is -0.457 e. The van der Waals surface area contributed by atoms with E-state index in [0.717, 1.165) is 11.3 Å². The van der Waals surface area contributed by atoms with Crippen molar-refractivity contribution >= 4 is 5.91 Å². The second kappa shape index (κ2) is 7.23. The number of hydrogen-bond donors (Lipinski definition) is 2. The van der Waals surface area contributed by atoms with Gasteiger partial charge < -0.3 is 15.0 Å². The lowest BCUT2D eigenvalue weighted by molar-refractivity contribution is 0.0926. The van der Waals surface area contributed by atoms with Gasteiger partial charge in [0.05, 0.1) is 11.7 Å². The molecule has 2 heterocycles. The van der Waals surface area contributed by atoms with Crippen LogP contribution in [-0.4, -0.2) is 39.6 Å². The minimum absolute atomic E-state index is 0.0161. The molecule has 1 aliphatic heterocycles. The standard InChI is InChI=1S/C23H21N5O2/c1-14-21-19(12-28(13-24)22(14)21)25-23(29)18-11-17(26-27-18)16-9-5-6-10-20(16)30-15-7-3-2-4-8-15/h2-11,14,19,21-22H,12H2,1H3,(H,25,29)(H,26,27)/t14?,19-,21?,22?/m1/s1. The summed E-state index contributed by atoms with van der Waals surface area (Å²) in [5.74, 6) is 1.96. The Balaban J connectivity index is 1.33. The summed E-state index contributed by atoms with van der Waals surface area (Å²) in [6.07, 6.45) is 2.23. The van der Waals surface area contributed by atoms with E-state index in [-0.39, 0.29) is 18.0 Å². The average molecular weight is 399 g/mol. The molecule has 30 heavy (non-hydrogen) atoms. The van der Waals surface area contributed by atoms with Crippen LogP contribution in [-0.2, 0) is 0 Å². The average Bonchev–Trinajstić information content (AvgIpc) is 3.11. The molecule has 0 radical (unpaired) electrons. The first-order valence-corrected chi connectivity index (χ1v) is 10.0. The summed E-state index contributed by atoms with van der Waals surface area (Å²) in [7, 11) is 0. The maximum absolute atomic E-state index is 12.8. The first kappa shape index (κ1) is 18.3. The highest BCUT2D eigenvalue weighted by Crippen LogP contribution is 2.50. The lowest BCUT2D eigenvalue weighted by Gasteiger charge is -2.17. The van der Waals surface area contributed by atoms with E-state index in [2.05, 4.69) is 28.6 Å². The van der Waals surface area contributed by atoms with Crippen LogP contribution in [0, 0.1) is 23.3 Å². The van der Waals surface area contributed by atoms with Crippen LogP contribution < -0.4 is 10.1 Å². The van der Waals surface area contributed by atoms with Gasteiger partial charge >= 0.3 is 0 Å². The molecule has 3 aromatic rings. The zero-order valence-electron chi connectivity index (χ0n) is 16.4. The van der Waals surface area contributed by atoms with Gasteiger partial charge in [-0.3, -0.25) is 9.89 Å². The third-order valence-electron chi connectivity index (χ3n) is 6.02. The van der Waals surface area contributed by atoms with E-state index in [1.54, 1.807) is 11.0 Å². The zero-order chi connectivity index (χ0) is 20.7. The zero-order valence-corrected chi connectivity index (χ0v) is 16.4. The number of para-hydroxylation sites is 2. The number of H-pyrrole nitrogens is 1. The van der Waals surface area contributed by atoms with E-state index in [0.29, 0.717) is 35.5 Å². The highest BCUT2D eigenvalue weighted by molar-refractivity contribution is 5.93. The van der Waals surface area contributed by atoms with E-state index < -0.39 is 0 Å². The van der Waals surface area contributed by atoms with Crippen LogP contribution >= 0.6 is 0 Å². The monoisotopic (exact) mass is 399 g/mol. The van der Waals surface area contributed by atoms with Crippen LogP contribution in [0.2, 0.25) is 0 Å². The molecule has 1 aliphatic carbocycles. The predicted molar refractivity (Wildman–Crippen MR) is 111 cm³/mol. The van der Waals surface area contributed by atoms with Crippen LogP contribution in [0.5, 0.6) is 11.5 Å². The molecule has 2 fully saturated rings. The van der Waals surface area contributed by atoms with E-state index in [1.165, 1.54) is 0 Å². The number of likely N-dealkylation sites (tertiary alicyclic amines) is 1. The second-order valence-electron chi connectivity index (χ2n) is 7.84. The largest absolute Gasteiger partial charge is 0.457 e. The Morgan fingerprint density at radius 3 is 2.77 bits per heavy atom. The second-order valence-corrected chi connectivity index (χ2v) is 7.84. The normalized spacial score (nSPS) is 24.1. The van der Waals surface area contributed by atoms with Gasteiger partial charge in [-0.05, 0) is 36.2 Å². The van der Waals surface area contributed by atoms with Gasteiger partial charge in [-0.1, -0.05) is 37.3 Å². The molecule has 7 nitrogen and oxygen atoms in total. The van der Waals surface area contributed by atoms with Gasteiger partial charge in [0.2, 0.25) is 0 Å². The summed E-state index contributed by atoms with van der Waals surface area (Å²) in [5.41, 5.74) is 1.82. The molecular formula is C23H21N5O2. The molecule has 2 aliphatic rings. The summed E-state index contributed by atoms with van der Waals surface area (Å²) in [6.45, 7) is 2.69. The molecular weight excluding hydrogens is 378 g/mol. The Labute approximate surface area is 174 Å². The first-order valence-electron chi connectivity index (χ1n) is 10.0. The van der Waals surface area contributed by atoms with Gasteiger partial charge in [0.1, 0.15) is 17.2 Å². The van der Waals surface area contributed by atoms with Crippen molar-refractivity contribution in [2.75, 3.05) is 6.54 Å². The molecule has 2 aromatic carbocycles. The first-order chi connectivity index (χ1) is 14.7. The number of rotatable bonds is 5. The molecule has 2 N–H and O–H groups in total. The van der Waals surface area contributed by atoms with Crippen molar-refractivity contribution in [3.05, 3.63) is 66.4 Å². The molecule has 4 atom stereocenters. The summed E-state index contributed by atoms with van der Waals surface area (Å²) < 4.78 is 6.01. The fraction of sp³-hybridized carbons (Fsp3) is 0.261. The quantitative estimate of drug-likeness (QED) is 0.642. The molecule has 1 saturated carbocycles. The Hall–Kier alpha value is -3.79. The fourth-order valence-corrected chi connectivity index (χ4v) is 4.48. The molecule has 1 saturated heterocycles. The van der Waals surface area contributed by atoms with Crippen LogP contribution in [0.15, 0.2) is 60.7 Å². The Morgan fingerprint density at radius 2 is 2.00 bits per heavy atom. The Kier molecular flexibility index (Phi) is 4.40. The summed E-state index contributed by atoms with van der Waals surface area (Å²) in [6, 6.07) is 19.1. The summed E-state index contributed by atoms with van der Waals surface area (Å²) in [4.78, 5) is 14.5. The number of fused-ring (bicyclic) bond motifs is 1. The molecule has 0 bridgehead atoms. The van der Waals surface area contributed by atoms with Crippen LogP contribution in [0.25, 0.3) is 11.3 Å². The number of amides is 1. The molecule has 5 rings (SSSR count). The lowest BCUT2D eigenvalue weighted by atomic mass is 10.1. The summed E-state index contributed by atoms with van der Waals surface area (Å²) >= 11 is 0. The number of ether oxygens (including phenoxy) is 1. The minimum atomic E-state index is -0.210. The van der Waals surface area contributed by atoms with E-state index in [9.17, 15) is 10.1 Å². The molecule has 1 amide bonds. The smallest absolute Gasteiger partial charge is 0.269 e. The van der Waals surface area contributed by atoms with Crippen molar-refractivity contribution in [1.29, 1.82) is 5.26 Å². The topological polar surface area (TPSA) is 94.0 Å². The van der Waals surface area contributed by atoms with Crippen LogP contribution in [0.3, 0.4) is 0 Å². The maximum atomic E-state index is 12.8. The number of nitriles is 1. The van der Waals surface area contributed by atoms with Crippen LogP contribution in [0.4, 0.5) is 0 Å². The third-order valence-corrected chi connectivity index (χ3v) is 6.02. The number of nitrogens with zero attached hydrogens (tertiary/aromatic N) is 3. The number of carbonyl (C=O) groups is 1. The third kappa shape index (κ3) is 3.16. The van der Waals surface area contributed by atoms with Crippen molar-refractivity contribution in [3.63, 3.8) is 0 Å². The van der Waals surface area contributed by atoms with E-state index >= 15 is 0 Å². The van der Waals surface area contributed by atoms with E-state index in [1.807, 2.05) is 54.6 Å². The van der Waals surface area contributed by atoms with Crippen molar-refractivity contribution in [1.82, 2.24) is 20.4 Å². The highest BCUT2D eigenvalue weighted by Gasteiger charge is 2.60. The highest BCUT2D eigenvalue weighted by atomic mass is 16.5. The Morgan fingerprint density at radius 1 is 1.23 bits per heavy atom. The molecule has 3 unspecified atom stereocenters. The number of piperidine rings is 1. The number of aromatic nitrogens is 2. The van der Waals surface area contributed by atoms with Gasteiger partial charge in [0.15, 0.2) is 6.19 Å². The maximum Gasteiger partial charge on any atom is 0.269 e. The van der Waals surface area contributed by atoms with E-state index in [4.69, 9.17) is 4.74 Å². The van der Waals surface area contributed by atoms with Gasteiger partial charge in [0, 0.05) is 24.1 Å². The van der Waals surface area contributed by atoms with Gasteiger partial charge in [-0.15, -0.1) is 0 Å². The van der Waals surface area contributed by atoms with Crippen molar-refractivity contribution < 1.29 is 9.53 Å². The van der Waals surface area contributed by atoms with Crippen molar-refractivity contribution in [3.8, 4) is 28.9 Å². The summed E-state index contributed by atoms with van der Waals surface area (Å²) in [5, 5.41) is 19.5. The molecule has 1 aromatic heterocycles. The number of carbonyl (C=O) groups excluding carboxylic acids is 1. The number of hydrogen-bond acceptors (Lipinski definition) is 5. The molecule has 0 spiro atoms. The lowest BCUT2D eigenvalue weighted by Crippen LogP contribution is -2.40. The SMILES string of the molecule is CC1C2C1N(C#N)C[C@H]2NC(=O)c1cc(-c2ccccc2Oc2ccccc2)n[nH]1. The van der Waals surface area contributed by atoms with Crippen LogP contribution in [0.1, 0.15) is 17.4 Å². The Bertz CT molecular complexity index is 1120. The van der Waals surface area contributed by atoms with Crippen molar-refractivity contribution in [2.45, 2.75) is 19.0 Å². The van der Waals surface area contributed by atoms with Gasteiger partial charge in [0.25, 0.3) is 5.91 Å². The number of benzene rings is 2. The fourth-order valence-electron chi connectivity index (χ4n) is 4.48. The molecule has 150 valence electrons. The van der Waals surface area contributed by atoms with Gasteiger partial charge in [-0.25, -0.2) is 0 Å². The molecule has 7 heteroatoms. The number of nitrogens with one attached hydrogen (secondary N) is 2. The number of aromatic amines is 1. The van der Waals surface area contributed by atoms with Crippen molar-refractivity contribution in [2.24, 2.45) is 11.8 Å². The van der Waals surface area contributed by atoms with Gasteiger partial charge in [-0.2, -0.15) is 10.4 Å².